The minimum atomic E-state index is 0.483. The number of methoxy groups -OCH3 is 1. The molecule has 0 saturated heterocycles. The first kappa shape index (κ1) is 12.4. The van der Waals surface area contributed by atoms with Crippen molar-refractivity contribution in [2.24, 2.45) is 5.92 Å². The molecule has 1 aromatic heterocycles. The van der Waals surface area contributed by atoms with Crippen molar-refractivity contribution in [1.82, 2.24) is 9.97 Å². The highest BCUT2D eigenvalue weighted by atomic mass is 35.5. The van der Waals surface area contributed by atoms with Crippen molar-refractivity contribution >= 4 is 11.6 Å². The molecule has 0 radical (unpaired) electrons. The summed E-state index contributed by atoms with van der Waals surface area (Å²) in [5.74, 6) is 1.46. The van der Waals surface area contributed by atoms with Crippen LogP contribution in [0.3, 0.4) is 0 Å². The zero-order chi connectivity index (χ0) is 11.3. The molecule has 0 atom stereocenters. The summed E-state index contributed by atoms with van der Waals surface area (Å²) in [5.41, 5.74) is 0.844. The first-order valence-electron chi connectivity index (χ1n) is 5.13. The van der Waals surface area contributed by atoms with Crippen LogP contribution in [0.4, 0.5) is 0 Å². The lowest BCUT2D eigenvalue weighted by molar-refractivity contribution is 0.181. The van der Waals surface area contributed by atoms with Crippen LogP contribution in [-0.4, -0.2) is 17.1 Å². The second-order valence-electron chi connectivity index (χ2n) is 3.96. The number of nitrogens with zero attached hydrogens (tertiary/aromatic N) is 2. The molecule has 0 aliphatic rings. The summed E-state index contributed by atoms with van der Waals surface area (Å²) in [6, 6.07) is 1.74. The largest absolute Gasteiger partial charge is 0.378 e. The molecule has 1 rings (SSSR count). The monoisotopic (exact) mass is 228 g/mol. The second-order valence-corrected chi connectivity index (χ2v) is 4.35. The summed E-state index contributed by atoms with van der Waals surface area (Å²) >= 11 is 5.89. The third kappa shape index (κ3) is 4.58. The van der Waals surface area contributed by atoms with Gasteiger partial charge in [-0.05, 0) is 18.4 Å². The van der Waals surface area contributed by atoms with E-state index in [1.165, 1.54) is 0 Å². The molecule has 15 heavy (non-hydrogen) atoms. The van der Waals surface area contributed by atoms with E-state index in [9.17, 15) is 0 Å². The van der Waals surface area contributed by atoms with Gasteiger partial charge in [-0.2, -0.15) is 0 Å². The summed E-state index contributed by atoms with van der Waals surface area (Å²) in [6.45, 7) is 4.85. The van der Waals surface area contributed by atoms with Crippen molar-refractivity contribution in [1.29, 1.82) is 0 Å². The minimum absolute atomic E-state index is 0.483. The predicted octanol–water partition coefficient (Wildman–Crippen LogP) is 2.87. The SMILES string of the molecule is COCc1cc(Cl)nc(CCC(C)C)n1. The summed E-state index contributed by atoms with van der Waals surface area (Å²) in [4.78, 5) is 8.56. The number of rotatable bonds is 5. The Labute approximate surface area is 95.8 Å². The second kappa shape index (κ2) is 6.03. The Bertz CT molecular complexity index is 315. The van der Waals surface area contributed by atoms with Crippen molar-refractivity contribution in [2.75, 3.05) is 7.11 Å². The molecule has 0 unspecified atom stereocenters. The molecular formula is C11H17ClN2O. The van der Waals surface area contributed by atoms with Gasteiger partial charge in [0.25, 0.3) is 0 Å². The molecule has 0 amide bonds. The van der Waals surface area contributed by atoms with Crippen LogP contribution < -0.4 is 0 Å². The van der Waals surface area contributed by atoms with Crippen molar-refractivity contribution in [2.45, 2.75) is 33.3 Å². The Hall–Kier alpha value is -0.670. The van der Waals surface area contributed by atoms with E-state index < -0.39 is 0 Å². The maximum atomic E-state index is 5.89. The van der Waals surface area contributed by atoms with Crippen LogP contribution >= 0.6 is 11.6 Å². The lowest BCUT2D eigenvalue weighted by Crippen LogP contribution is -2.02. The standard InChI is InChI=1S/C11H17ClN2O/c1-8(2)4-5-11-13-9(7-15-3)6-10(12)14-11/h6,8H,4-5,7H2,1-3H3. The van der Waals surface area contributed by atoms with Crippen molar-refractivity contribution in [3.05, 3.63) is 22.7 Å². The topological polar surface area (TPSA) is 35.0 Å². The highest BCUT2D eigenvalue weighted by Crippen LogP contribution is 2.11. The molecule has 0 saturated carbocycles. The van der Waals surface area contributed by atoms with E-state index in [1.54, 1.807) is 13.2 Å². The lowest BCUT2D eigenvalue weighted by atomic mass is 10.1. The molecule has 0 spiro atoms. The molecule has 0 N–H and O–H groups in total. The highest BCUT2D eigenvalue weighted by Gasteiger charge is 2.04. The molecule has 84 valence electrons. The Kier molecular flexibility index (Phi) is 4.99. The van der Waals surface area contributed by atoms with Gasteiger partial charge in [0, 0.05) is 13.5 Å². The van der Waals surface area contributed by atoms with E-state index in [1.807, 2.05) is 0 Å². The number of aromatic nitrogens is 2. The summed E-state index contributed by atoms with van der Waals surface area (Å²) in [7, 11) is 1.64. The average molecular weight is 229 g/mol. The quantitative estimate of drug-likeness (QED) is 0.727. The molecular weight excluding hydrogens is 212 g/mol. The van der Waals surface area contributed by atoms with Crippen molar-refractivity contribution in [3.8, 4) is 0 Å². The van der Waals surface area contributed by atoms with E-state index in [0.717, 1.165) is 24.4 Å². The van der Waals surface area contributed by atoms with Gasteiger partial charge in [-0.3, -0.25) is 0 Å². The van der Waals surface area contributed by atoms with Crippen molar-refractivity contribution in [3.63, 3.8) is 0 Å². The first-order valence-corrected chi connectivity index (χ1v) is 5.51. The Morgan fingerprint density at radius 2 is 2.13 bits per heavy atom. The van der Waals surface area contributed by atoms with Gasteiger partial charge in [0.2, 0.25) is 0 Å². The highest BCUT2D eigenvalue weighted by molar-refractivity contribution is 6.29. The summed E-state index contributed by atoms with van der Waals surface area (Å²) in [5, 5.41) is 0.496. The van der Waals surface area contributed by atoms with Crippen LogP contribution in [0.1, 0.15) is 31.8 Å². The van der Waals surface area contributed by atoms with Gasteiger partial charge in [0.1, 0.15) is 11.0 Å². The molecule has 1 heterocycles. The molecule has 0 aromatic carbocycles. The van der Waals surface area contributed by atoms with E-state index in [0.29, 0.717) is 17.7 Å². The van der Waals surface area contributed by atoms with Gasteiger partial charge in [-0.15, -0.1) is 0 Å². The maximum Gasteiger partial charge on any atom is 0.133 e. The summed E-state index contributed by atoms with van der Waals surface area (Å²) < 4.78 is 5.01. The molecule has 0 bridgehead atoms. The van der Waals surface area contributed by atoms with Crippen LogP contribution in [0.2, 0.25) is 5.15 Å². The number of hydrogen-bond acceptors (Lipinski definition) is 3. The van der Waals surface area contributed by atoms with Gasteiger partial charge >= 0.3 is 0 Å². The first-order chi connectivity index (χ1) is 7.11. The van der Waals surface area contributed by atoms with E-state index in [4.69, 9.17) is 16.3 Å². The van der Waals surface area contributed by atoms with Crippen LogP contribution in [-0.2, 0) is 17.8 Å². The van der Waals surface area contributed by atoms with Crippen LogP contribution in [0.5, 0.6) is 0 Å². The molecule has 3 nitrogen and oxygen atoms in total. The molecule has 0 fully saturated rings. The van der Waals surface area contributed by atoms with Gasteiger partial charge in [-0.1, -0.05) is 25.4 Å². The Morgan fingerprint density at radius 3 is 2.73 bits per heavy atom. The van der Waals surface area contributed by atoms with Crippen LogP contribution in [0.15, 0.2) is 6.07 Å². The third-order valence-electron chi connectivity index (χ3n) is 2.03. The molecule has 4 heteroatoms. The van der Waals surface area contributed by atoms with E-state index >= 15 is 0 Å². The molecule has 0 aliphatic heterocycles. The van der Waals surface area contributed by atoms with Gasteiger partial charge in [-0.25, -0.2) is 9.97 Å². The maximum absolute atomic E-state index is 5.89. The number of halogens is 1. The fraction of sp³-hybridized carbons (Fsp3) is 0.636. The van der Waals surface area contributed by atoms with E-state index in [-0.39, 0.29) is 0 Å². The van der Waals surface area contributed by atoms with E-state index in [2.05, 4.69) is 23.8 Å². The Balaban J connectivity index is 2.70. The van der Waals surface area contributed by atoms with Crippen molar-refractivity contribution < 1.29 is 4.74 Å². The zero-order valence-corrected chi connectivity index (χ0v) is 10.2. The summed E-state index contributed by atoms with van der Waals surface area (Å²) in [6.07, 6.45) is 1.95. The molecule has 1 aromatic rings. The van der Waals surface area contributed by atoms with Crippen LogP contribution in [0, 0.1) is 5.92 Å². The van der Waals surface area contributed by atoms with Gasteiger partial charge < -0.3 is 4.74 Å². The van der Waals surface area contributed by atoms with Crippen LogP contribution in [0.25, 0.3) is 0 Å². The predicted molar refractivity (Wildman–Crippen MR) is 60.9 cm³/mol. The molecule has 0 aliphatic carbocycles. The fourth-order valence-corrected chi connectivity index (χ4v) is 1.49. The van der Waals surface area contributed by atoms with Gasteiger partial charge in [0.15, 0.2) is 0 Å². The average Bonchev–Trinajstić information content (AvgIpc) is 2.14. The number of aryl methyl sites for hydroxylation is 1. The lowest BCUT2D eigenvalue weighted by Gasteiger charge is -2.06. The number of ether oxygens (including phenoxy) is 1. The van der Waals surface area contributed by atoms with Gasteiger partial charge in [0.05, 0.1) is 12.3 Å². The third-order valence-corrected chi connectivity index (χ3v) is 2.23. The Morgan fingerprint density at radius 1 is 1.40 bits per heavy atom. The zero-order valence-electron chi connectivity index (χ0n) is 9.46. The smallest absolute Gasteiger partial charge is 0.133 e. The fourth-order valence-electron chi connectivity index (χ4n) is 1.27. The number of hydrogen-bond donors (Lipinski definition) is 0. The minimum Gasteiger partial charge on any atom is -0.378 e. The normalized spacial score (nSPS) is 11.0.